The second-order valence-corrected chi connectivity index (χ2v) is 7.92. The second-order valence-electron chi connectivity index (χ2n) is 6.83. The summed E-state index contributed by atoms with van der Waals surface area (Å²) in [5.74, 6) is -0.391. The van der Waals surface area contributed by atoms with Gasteiger partial charge in [-0.1, -0.05) is 23.9 Å². The predicted molar refractivity (Wildman–Crippen MR) is 99.1 cm³/mol. The zero-order chi connectivity index (χ0) is 21.2. The molecule has 3 N–H and O–H groups in total. The van der Waals surface area contributed by atoms with E-state index in [2.05, 4.69) is 10.3 Å². The highest BCUT2D eigenvalue weighted by molar-refractivity contribution is 8.14. The average molecular weight is 438 g/mol. The zero-order valence-corrected chi connectivity index (χ0v) is 16.3. The highest BCUT2D eigenvalue weighted by Crippen LogP contribution is 2.38. The summed E-state index contributed by atoms with van der Waals surface area (Å²) in [6.07, 6.45) is -11.6. The topological polar surface area (TPSA) is 83.3 Å². The molecule has 2 saturated heterocycles. The number of hydrogen-bond acceptors (Lipinski definition) is 6. The van der Waals surface area contributed by atoms with Crippen LogP contribution in [-0.2, 0) is 15.9 Å². The van der Waals surface area contributed by atoms with Gasteiger partial charge in [-0.2, -0.15) is 13.2 Å². The largest absolute Gasteiger partial charge is 0.417 e. The van der Waals surface area contributed by atoms with Crippen molar-refractivity contribution >= 4 is 16.9 Å². The number of aryl methyl sites for hydroxylation is 1. The van der Waals surface area contributed by atoms with Crippen LogP contribution in [0.2, 0.25) is 0 Å². The fraction of sp³-hybridized carbons (Fsp3) is 0.611. The van der Waals surface area contributed by atoms with Crippen LogP contribution in [-0.4, -0.2) is 71.1 Å². The molecule has 0 bridgehead atoms. The number of aliphatic imine (C=N–C) groups is 1. The number of aliphatic hydroxyl groups excluding tert-OH is 2. The molecule has 0 aliphatic carbocycles. The number of hydrogen-bond donors (Lipinski definition) is 3. The Morgan fingerprint density at radius 1 is 1.24 bits per heavy atom. The van der Waals surface area contributed by atoms with E-state index in [0.29, 0.717) is 11.6 Å². The number of nitrogens with one attached hydrogen (secondary N) is 1. The van der Waals surface area contributed by atoms with Gasteiger partial charge in [-0.3, -0.25) is 4.99 Å². The van der Waals surface area contributed by atoms with E-state index in [1.54, 1.807) is 12.1 Å². The molecule has 6 unspecified atom stereocenters. The van der Waals surface area contributed by atoms with Gasteiger partial charge in [0.05, 0.1) is 6.04 Å². The monoisotopic (exact) mass is 438 g/mol. The fourth-order valence-corrected chi connectivity index (χ4v) is 4.40. The fourth-order valence-electron chi connectivity index (χ4n) is 3.31. The first-order chi connectivity index (χ1) is 13.7. The number of alkyl halides is 3. The molecule has 2 aliphatic heterocycles. The molecule has 2 heterocycles. The Labute approximate surface area is 169 Å². The predicted octanol–water partition coefficient (Wildman–Crippen LogP) is 1.84. The third-order valence-electron chi connectivity index (χ3n) is 4.80. The number of thioether (sulfide) groups is 1. The minimum absolute atomic E-state index is 0.245. The van der Waals surface area contributed by atoms with Crippen molar-refractivity contribution in [3.8, 4) is 0 Å². The molecule has 3 rings (SSSR count). The summed E-state index contributed by atoms with van der Waals surface area (Å²) in [4.78, 5) is 3.90. The van der Waals surface area contributed by atoms with Crippen LogP contribution in [0.3, 0.4) is 0 Å². The van der Waals surface area contributed by atoms with E-state index in [9.17, 15) is 27.8 Å². The summed E-state index contributed by atoms with van der Waals surface area (Å²) in [7, 11) is 1.50. The Kier molecular flexibility index (Phi) is 7.05. The Hall–Kier alpha value is -1.40. The number of rotatable bonds is 6. The minimum atomic E-state index is -4.80. The molecule has 0 aromatic heterocycles. The van der Waals surface area contributed by atoms with E-state index < -0.39 is 47.9 Å². The van der Waals surface area contributed by atoms with Crippen LogP contribution in [0.5, 0.6) is 0 Å². The molecule has 0 saturated carbocycles. The normalized spacial score (nSPS) is 32.1. The number of ether oxygens (including phenoxy) is 2. The molecule has 2 fully saturated rings. The van der Waals surface area contributed by atoms with Gasteiger partial charge >= 0.3 is 6.18 Å². The van der Waals surface area contributed by atoms with Crippen LogP contribution < -0.4 is 5.32 Å². The number of nitrogens with zero attached hydrogens (tertiary/aromatic N) is 1. The molecule has 1 aromatic carbocycles. The first kappa shape index (κ1) is 22.3. The van der Waals surface area contributed by atoms with Gasteiger partial charge in [-0.15, -0.1) is 0 Å². The van der Waals surface area contributed by atoms with Crippen LogP contribution in [0.1, 0.15) is 12.0 Å². The Bertz CT molecular complexity index is 719. The van der Waals surface area contributed by atoms with E-state index in [0.717, 1.165) is 17.3 Å². The van der Waals surface area contributed by atoms with Gasteiger partial charge in [-0.05, 0) is 30.5 Å². The van der Waals surface area contributed by atoms with Crippen LogP contribution in [0.15, 0.2) is 29.3 Å². The highest BCUT2D eigenvalue weighted by atomic mass is 32.2. The molecule has 6 nitrogen and oxygen atoms in total. The van der Waals surface area contributed by atoms with Gasteiger partial charge in [0.1, 0.15) is 29.6 Å². The second kappa shape index (κ2) is 9.17. The molecule has 0 amide bonds. The van der Waals surface area contributed by atoms with E-state index in [1.807, 2.05) is 0 Å². The van der Waals surface area contributed by atoms with Crippen LogP contribution in [0.25, 0.3) is 0 Å². The summed E-state index contributed by atoms with van der Waals surface area (Å²) < 4.78 is 64.2. The number of amidine groups is 1. The summed E-state index contributed by atoms with van der Waals surface area (Å²) in [5, 5.41) is 23.8. The SMILES string of the molecule is CN=C1NC2C(OC(C(OCCCc3ccc(F)cc3)C(F)(F)F)C(O)C2O)S1. The lowest BCUT2D eigenvalue weighted by atomic mass is 9.94. The number of benzene rings is 1. The third kappa shape index (κ3) is 5.21. The van der Waals surface area contributed by atoms with E-state index >= 15 is 0 Å². The molecule has 162 valence electrons. The molecule has 0 radical (unpaired) electrons. The van der Waals surface area contributed by atoms with Crippen molar-refractivity contribution in [3.63, 3.8) is 0 Å². The molecule has 0 spiro atoms. The maximum absolute atomic E-state index is 13.6. The quantitative estimate of drug-likeness (QED) is 0.465. The third-order valence-corrected chi connectivity index (χ3v) is 5.96. The first-order valence-corrected chi connectivity index (χ1v) is 9.93. The van der Waals surface area contributed by atoms with Crippen LogP contribution in [0, 0.1) is 5.82 Å². The average Bonchev–Trinajstić information content (AvgIpc) is 3.09. The van der Waals surface area contributed by atoms with Crippen molar-refractivity contribution in [3.05, 3.63) is 35.6 Å². The number of halogens is 4. The molecule has 29 heavy (non-hydrogen) atoms. The molecule has 6 atom stereocenters. The zero-order valence-electron chi connectivity index (χ0n) is 15.5. The van der Waals surface area contributed by atoms with Gasteiger partial charge in [0, 0.05) is 13.7 Å². The van der Waals surface area contributed by atoms with Crippen molar-refractivity contribution in [2.24, 2.45) is 4.99 Å². The number of aliphatic hydroxyl groups is 2. The summed E-state index contributed by atoms with van der Waals surface area (Å²) >= 11 is 1.05. The lowest BCUT2D eigenvalue weighted by Gasteiger charge is -2.42. The van der Waals surface area contributed by atoms with Crippen molar-refractivity contribution in [2.75, 3.05) is 13.7 Å². The molecular weight excluding hydrogens is 416 g/mol. The van der Waals surface area contributed by atoms with Crippen molar-refractivity contribution < 1.29 is 37.2 Å². The maximum Gasteiger partial charge on any atom is 0.417 e. The molecular formula is C18H22F4N2O4S. The molecule has 2 aliphatic rings. The van der Waals surface area contributed by atoms with Gasteiger partial charge in [0.2, 0.25) is 0 Å². The number of fused-ring (bicyclic) bond motifs is 1. The van der Waals surface area contributed by atoms with E-state index in [1.165, 1.54) is 19.2 Å². The summed E-state index contributed by atoms with van der Waals surface area (Å²) in [6, 6.07) is 4.90. The minimum Gasteiger partial charge on any atom is -0.388 e. The Balaban J connectivity index is 1.62. The van der Waals surface area contributed by atoms with Gasteiger partial charge in [-0.25, -0.2) is 4.39 Å². The maximum atomic E-state index is 13.6. The molecule has 1 aromatic rings. The Morgan fingerprint density at radius 2 is 1.93 bits per heavy atom. The lowest BCUT2D eigenvalue weighted by molar-refractivity contribution is -0.285. The summed E-state index contributed by atoms with van der Waals surface area (Å²) in [5.41, 5.74) is -0.0599. The van der Waals surface area contributed by atoms with E-state index in [-0.39, 0.29) is 13.0 Å². The van der Waals surface area contributed by atoms with Gasteiger partial charge < -0.3 is 25.0 Å². The van der Waals surface area contributed by atoms with Crippen LogP contribution in [0.4, 0.5) is 17.6 Å². The van der Waals surface area contributed by atoms with Gasteiger partial charge in [0.15, 0.2) is 11.3 Å². The van der Waals surface area contributed by atoms with Gasteiger partial charge in [0.25, 0.3) is 0 Å². The standard InChI is InChI=1S/C18H22F4N2O4S/c1-23-17-24-11-12(25)13(26)14(28-16(11)29-17)15(18(20,21)22)27-8-2-3-9-4-6-10(19)7-5-9/h4-7,11-16,25-26H,2-3,8H2,1H3,(H,23,24). The van der Waals surface area contributed by atoms with Crippen molar-refractivity contribution in [1.29, 1.82) is 0 Å². The molecule has 11 heteroatoms. The lowest BCUT2D eigenvalue weighted by Crippen LogP contribution is -2.64. The van der Waals surface area contributed by atoms with Crippen molar-refractivity contribution in [2.45, 2.75) is 54.9 Å². The first-order valence-electron chi connectivity index (χ1n) is 9.05. The smallest absolute Gasteiger partial charge is 0.388 e. The van der Waals surface area contributed by atoms with E-state index in [4.69, 9.17) is 9.47 Å². The van der Waals surface area contributed by atoms with Crippen molar-refractivity contribution in [1.82, 2.24) is 5.32 Å². The summed E-state index contributed by atoms with van der Waals surface area (Å²) in [6.45, 7) is -0.245. The Morgan fingerprint density at radius 3 is 2.55 bits per heavy atom. The van der Waals surface area contributed by atoms with Crippen LogP contribution >= 0.6 is 11.8 Å². The highest BCUT2D eigenvalue weighted by Gasteiger charge is 2.57.